The van der Waals surface area contributed by atoms with Crippen molar-refractivity contribution in [3.05, 3.63) is 59.1 Å². The highest BCUT2D eigenvalue weighted by Gasteiger charge is 2.51. The number of hydrogen-bond donors (Lipinski definition) is 1. The fraction of sp³-hybridized carbons (Fsp3) is 0.480. The molecule has 0 aromatic heterocycles. The van der Waals surface area contributed by atoms with Crippen LogP contribution < -0.4 is 9.62 Å². The molecular weight excluding hydrogens is 444 g/mol. The second-order valence-electron chi connectivity index (χ2n) is 10.1. The van der Waals surface area contributed by atoms with E-state index in [1.54, 1.807) is 24.3 Å². The van der Waals surface area contributed by atoms with Crippen LogP contribution in [0.2, 0.25) is 5.02 Å². The number of nitrogens with one attached hydrogen (secondary N) is 1. The molecule has 2 aromatic rings. The minimum absolute atomic E-state index is 0.117. The van der Waals surface area contributed by atoms with Crippen LogP contribution in [0.5, 0.6) is 0 Å². The molecule has 0 heterocycles. The largest absolute Gasteiger partial charge is 0.349 e. The molecule has 4 fully saturated rings. The van der Waals surface area contributed by atoms with E-state index in [2.05, 4.69) is 5.32 Å². The summed E-state index contributed by atoms with van der Waals surface area (Å²) in [5, 5.41) is 3.77. The Bertz CT molecular complexity index is 1090. The lowest BCUT2D eigenvalue weighted by atomic mass is 9.53. The monoisotopic (exact) mass is 472 g/mol. The van der Waals surface area contributed by atoms with E-state index < -0.39 is 10.0 Å². The minimum atomic E-state index is -3.93. The molecule has 4 aliphatic carbocycles. The first-order chi connectivity index (χ1) is 15.2. The summed E-state index contributed by atoms with van der Waals surface area (Å²) >= 11 is 5.96. The van der Waals surface area contributed by atoms with E-state index in [1.807, 2.05) is 19.1 Å². The van der Waals surface area contributed by atoms with Crippen molar-refractivity contribution in [2.75, 3.05) is 10.8 Å². The zero-order valence-electron chi connectivity index (χ0n) is 18.3. The highest BCUT2D eigenvalue weighted by Crippen LogP contribution is 2.55. The van der Waals surface area contributed by atoms with Crippen LogP contribution in [-0.4, -0.2) is 26.4 Å². The van der Waals surface area contributed by atoms with Crippen molar-refractivity contribution < 1.29 is 13.2 Å². The van der Waals surface area contributed by atoms with Gasteiger partial charge in [0.25, 0.3) is 10.0 Å². The van der Waals surface area contributed by atoms with Crippen LogP contribution in [0.4, 0.5) is 5.69 Å². The summed E-state index contributed by atoms with van der Waals surface area (Å²) in [7, 11) is -3.93. The highest BCUT2D eigenvalue weighted by molar-refractivity contribution is 7.92. The molecule has 0 aliphatic heterocycles. The number of aryl methyl sites for hydroxylation is 1. The van der Waals surface area contributed by atoms with Crippen LogP contribution in [0.3, 0.4) is 0 Å². The topological polar surface area (TPSA) is 66.5 Å². The lowest BCUT2D eigenvalue weighted by molar-refractivity contribution is -0.125. The van der Waals surface area contributed by atoms with Gasteiger partial charge in [-0.2, -0.15) is 0 Å². The molecule has 5 nitrogen and oxygen atoms in total. The Morgan fingerprint density at radius 3 is 2.19 bits per heavy atom. The Morgan fingerprint density at radius 2 is 1.62 bits per heavy atom. The van der Waals surface area contributed by atoms with Crippen LogP contribution in [0.15, 0.2) is 53.4 Å². The van der Waals surface area contributed by atoms with Crippen molar-refractivity contribution in [2.24, 2.45) is 17.8 Å². The van der Waals surface area contributed by atoms with Gasteiger partial charge in [-0.1, -0.05) is 23.7 Å². The van der Waals surface area contributed by atoms with E-state index in [0.29, 0.717) is 28.5 Å². The molecule has 0 atom stereocenters. The third-order valence-corrected chi connectivity index (χ3v) is 9.46. The maximum absolute atomic E-state index is 13.6. The number of halogens is 1. The number of carbonyl (C=O) groups is 1. The summed E-state index contributed by atoms with van der Waals surface area (Å²) in [6, 6.07) is 13.3. The van der Waals surface area contributed by atoms with Gasteiger partial charge in [0.15, 0.2) is 0 Å². The van der Waals surface area contributed by atoms with Gasteiger partial charge >= 0.3 is 0 Å². The van der Waals surface area contributed by atoms with Crippen molar-refractivity contribution in [1.82, 2.24) is 5.32 Å². The standard InChI is InChI=1S/C25H29ClN2O3S/c1-17-3-2-4-22(9-17)28(32(30,31)23-7-5-21(26)6-8-23)16-24(29)27-25-13-18-10-19(14-25)12-20(11-18)15-25/h2-9,18-20H,10-16H2,1H3,(H,27,29). The van der Waals surface area contributed by atoms with E-state index in [4.69, 9.17) is 11.6 Å². The average molecular weight is 473 g/mol. The van der Waals surface area contributed by atoms with Crippen molar-refractivity contribution in [3.63, 3.8) is 0 Å². The van der Waals surface area contributed by atoms with Crippen molar-refractivity contribution in [3.8, 4) is 0 Å². The average Bonchev–Trinajstić information content (AvgIpc) is 2.71. The molecule has 4 saturated carbocycles. The molecular formula is C25H29ClN2O3S. The number of rotatable bonds is 6. The molecule has 4 aliphatic rings. The number of carbonyl (C=O) groups excluding carboxylic acids is 1. The summed E-state index contributed by atoms with van der Waals surface area (Å²) in [6.45, 7) is 1.67. The smallest absolute Gasteiger partial charge is 0.264 e. The molecule has 170 valence electrons. The normalized spacial score (nSPS) is 28.5. The molecule has 0 radical (unpaired) electrons. The van der Waals surface area contributed by atoms with Gasteiger partial charge in [0, 0.05) is 10.6 Å². The van der Waals surface area contributed by atoms with Crippen LogP contribution in [-0.2, 0) is 14.8 Å². The predicted octanol–water partition coefficient (Wildman–Crippen LogP) is 4.93. The molecule has 0 spiro atoms. The van der Waals surface area contributed by atoms with Crippen molar-refractivity contribution in [2.45, 2.75) is 55.9 Å². The maximum atomic E-state index is 13.6. The number of benzene rings is 2. The van der Waals surface area contributed by atoms with Gasteiger partial charge in [-0.25, -0.2) is 8.42 Å². The molecule has 6 rings (SSSR count). The molecule has 2 aromatic carbocycles. The fourth-order valence-electron chi connectivity index (χ4n) is 6.56. The van der Waals surface area contributed by atoms with Crippen molar-refractivity contribution >= 4 is 33.2 Å². The van der Waals surface area contributed by atoms with Gasteiger partial charge in [-0.3, -0.25) is 9.10 Å². The molecule has 32 heavy (non-hydrogen) atoms. The highest BCUT2D eigenvalue weighted by atomic mass is 35.5. The van der Waals surface area contributed by atoms with Crippen LogP contribution in [0, 0.1) is 24.7 Å². The third kappa shape index (κ3) is 4.15. The molecule has 0 saturated heterocycles. The zero-order chi connectivity index (χ0) is 22.5. The number of sulfonamides is 1. The van der Waals surface area contributed by atoms with Gasteiger partial charge in [-0.15, -0.1) is 0 Å². The molecule has 7 heteroatoms. The maximum Gasteiger partial charge on any atom is 0.264 e. The van der Waals surface area contributed by atoms with Crippen molar-refractivity contribution in [1.29, 1.82) is 0 Å². The van der Waals surface area contributed by atoms with E-state index in [-0.39, 0.29) is 22.9 Å². The Labute approximate surface area is 195 Å². The zero-order valence-corrected chi connectivity index (χ0v) is 19.8. The Kier molecular flexibility index (Phi) is 5.49. The summed E-state index contributed by atoms with van der Waals surface area (Å²) in [5.74, 6) is 1.87. The summed E-state index contributed by atoms with van der Waals surface area (Å²) in [5.41, 5.74) is 1.26. The van der Waals surface area contributed by atoms with E-state index >= 15 is 0 Å². The Hall–Kier alpha value is -2.05. The minimum Gasteiger partial charge on any atom is -0.349 e. The first-order valence-corrected chi connectivity index (χ1v) is 13.2. The van der Waals surface area contributed by atoms with Gasteiger partial charge in [-0.05, 0) is 105 Å². The molecule has 1 amide bonds. The van der Waals surface area contributed by atoms with Gasteiger partial charge in [0.1, 0.15) is 6.54 Å². The summed E-state index contributed by atoms with van der Waals surface area (Å²) < 4.78 is 28.3. The SMILES string of the molecule is Cc1cccc(N(CC(=O)NC23CC4CC(CC(C4)C2)C3)S(=O)(=O)c2ccc(Cl)cc2)c1. The Balaban J connectivity index is 1.42. The number of hydrogen-bond acceptors (Lipinski definition) is 3. The number of amides is 1. The predicted molar refractivity (Wildman–Crippen MR) is 126 cm³/mol. The fourth-order valence-corrected chi connectivity index (χ4v) is 8.10. The number of anilines is 1. The quantitative estimate of drug-likeness (QED) is 0.648. The van der Waals surface area contributed by atoms with E-state index in [9.17, 15) is 13.2 Å². The molecule has 4 bridgehead atoms. The molecule has 0 unspecified atom stereocenters. The second-order valence-corrected chi connectivity index (χ2v) is 12.3. The third-order valence-electron chi connectivity index (χ3n) is 7.42. The van der Waals surface area contributed by atoms with Crippen LogP contribution in [0.1, 0.15) is 44.1 Å². The lowest BCUT2D eigenvalue weighted by Crippen LogP contribution is -2.61. The van der Waals surface area contributed by atoms with Gasteiger partial charge < -0.3 is 5.32 Å². The number of nitrogens with zero attached hydrogens (tertiary/aromatic N) is 1. The first kappa shape index (κ1) is 21.8. The Morgan fingerprint density at radius 1 is 1.03 bits per heavy atom. The van der Waals surface area contributed by atoms with Gasteiger partial charge in [0.2, 0.25) is 5.91 Å². The summed E-state index contributed by atoms with van der Waals surface area (Å²) in [6.07, 6.45) is 6.94. The first-order valence-electron chi connectivity index (χ1n) is 11.4. The van der Waals surface area contributed by atoms with Crippen LogP contribution in [0.25, 0.3) is 0 Å². The van der Waals surface area contributed by atoms with E-state index in [0.717, 1.165) is 24.8 Å². The lowest BCUT2D eigenvalue weighted by Gasteiger charge is -2.57. The molecule has 1 N–H and O–H groups in total. The van der Waals surface area contributed by atoms with Gasteiger partial charge in [0.05, 0.1) is 10.6 Å². The second kappa shape index (κ2) is 8.07. The summed E-state index contributed by atoms with van der Waals surface area (Å²) in [4.78, 5) is 13.4. The van der Waals surface area contributed by atoms with E-state index in [1.165, 1.54) is 35.7 Å². The van der Waals surface area contributed by atoms with Crippen LogP contribution >= 0.6 is 11.6 Å².